The maximum atomic E-state index is 11.6. The summed E-state index contributed by atoms with van der Waals surface area (Å²) in [6.07, 6.45) is 2.90. The lowest BCUT2D eigenvalue weighted by Crippen LogP contribution is -2.31. The molecule has 0 saturated heterocycles. The smallest absolute Gasteiger partial charge is 0.220 e. The summed E-state index contributed by atoms with van der Waals surface area (Å²) in [5.74, 6) is 2.81. The van der Waals surface area contributed by atoms with E-state index < -0.39 is 0 Å². The fourth-order valence-corrected chi connectivity index (χ4v) is 1.96. The minimum Gasteiger partial charge on any atom is -0.356 e. The number of carbonyl (C=O) groups is 1. The van der Waals surface area contributed by atoms with Crippen molar-refractivity contribution in [3.8, 4) is 0 Å². The van der Waals surface area contributed by atoms with Gasteiger partial charge in [0.25, 0.3) is 0 Å². The van der Waals surface area contributed by atoms with Crippen molar-refractivity contribution in [3.63, 3.8) is 0 Å². The quantitative estimate of drug-likeness (QED) is 0.687. The van der Waals surface area contributed by atoms with Crippen LogP contribution >= 0.6 is 0 Å². The molecule has 2 heteroatoms. The first-order chi connectivity index (χ1) is 7.82. The van der Waals surface area contributed by atoms with E-state index in [1.165, 1.54) is 6.42 Å². The lowest BCUT2D eigenvalue weighted by atomic mass is 9.88. The van der Waals surface area contributed by atoms with Crippen molar-refractivity contribution < 1.29 is 4.79 Å². The van der Waals surface area contributed by atoms with Crippen LogP contribution in [0, 0.1) is 23.7 Å². The molecule has 0 radical (unpaired) electrons. The van der Waals surface area contributed by atoms with Crippen LogP contribution in [-0.2, 0) is 4.79 Å². The van der Waals surface area contributed by atoms with Crippen LogP contribution in [-0.4, -0.2) is 12.5 Å². The molecule has 0 aromatic rings. The minimum absolute atomic E-state index is 0.210. The number of rotatable bonds is 8. The molecule has 0 aliphatic rings. The van der Waals surface area contributed by atoms with Crippen LogP contribution in [0.3, 0.4) is 0 Å². The third-order valence-corrected chi connectivity index (χ3v) is 3.38. The van der Waals surface area contributed by atoms with Gasteiger partial charge in [-0.25, -0.2) is 0 Å². The number of carbonyl (C=O) groups excluding carboxylic acids is 1. The number of nitrogens with one attached hydrogen (secondary N) is 1. The van der Waals surface area contributed by atoms with E-state index in [-0.39, 0.29) is 5.91 Å². The Morgan fingerprint density at radius 2 is 1.53 bits per heavy atom. The highest BCUT2D eigenvalue weighted by Crippen LogP contribution is 2.19. The summed E-state index contributed by atoms with van der Waals surface area (Å²) in [6, 6.07) is 0. The highest BCUT2D eigenvalue weighted by atomic mass is 16.1. The summed E-state index contributed by atoms with van der Waals surface area (Å²) in [7, 11) is 0. The normalized spacial score (nSPS) is 15.1. The molecular weight excluding hydrogens is 210 g/mol. The first-order valence-electron chi connectivity index (χ1n) is 7.09. The van der Waals surface area contributed by atoms with Crippen molar-refractivity contribution in [2.45, 2.75) is 60.8 Å². The Kier molecular flexibility index (Phi) is 8.28. The fourth-order valence-electron chi connectivity index (χ4n) is 1.96. The van der Waals surface area contributed by atoms with Crippen LogP contribution in [0.4, 0.5) is 0 Å². The van der Waals surface area contributed by atoms with Gasteiger partial charge in [0.15, 0.2) is 0 Å². The van der Waals surface area contributed by atoms with E-state index >= 15 is 0 Å². The molecule has 0 aliphatic heterocycles. The molecule has 1 N–H and O–H groups in total. The van der Waals surface area contributed by atoms with Crippen molar-refractivity contribution in [3.05, 3.63) is 0 Å². The molecule has 0 heterocycles. The Morgan fingerprint density at radius 3 is 2.00 bits per heavy atom. The van der Waals surface area contributed by atoms with Crippen molar-refractivity contribution >= 4 is 5.91 Å². The zero-order chi connectivity index (χ0) is 13.4. The molecule has 102 valence electrons. The number of hydrogen-bond donors (Lipinski definition) is 1. The van der Waals surface area contributed by atoms with Gasteiger partial charge >= 0.3 is 0 Å². The highest BCUT2D eigenvalue weighted by Gasteiger charge is 2.14. The molecule has 0 aromatic carbocycles. The van der Waals surface area contributed by atoms with E-state index in [9.17, 15) is 4.79 Å². The second-order valence-corrected chi connectivity index (χ2v) is 6.32. The Morgan fingerprint density at radius 1 is 0.941 bits per heavy atom. The molecule has 0 aromatic heterocycles. The van der Waals surface area contributed by atoms with Gasteiger partial charge in [0, 0.05) is 13.0 Å². The van der Waals surface area contributed by atoms with E-state index in [2.05, 4.69) is 46.9 Å². The summed E-state index contributed by atoms with van der Waals surface area (Å²) < 4.78 is 0. The maximum Gasteiger partial charge on any atom is 0.220 e. The molecule has 0 rings (SSSR count). The monoisotopic (exact) mass is 241 g/mol. The van der Waals surface area contributed by atoms with E-state index in [1.54, 1.807) is 0 Å². The molecule has 0 aliphatic carbocycles. The standard InChI is InChI=1S/C15H31NO/c1-11(2)7-8-15(17)16-10-14(6)13(5)9-12(3)4/h11-14H,7-10H2,1-6H3,(H,16,17). The maximum absolute atomic E-state index is 11.6. The number of hydrogen-bond acceptors (Lipinski definition) is 1. The predicted octanol–water partition coefficient (Wildman–Crippen LogP) is 3.86. The van der Waals surface area contributed by atoms with Crippen LogP contribution in [0.25, 0.3) is 0 Å². The summed E-state index contributed by atoms with van der Waals surface area (Å²) in [5, 5.41) is 3.05. The summed E-state index contributed by atoms with van der Waals surface area (Å²) >= 11 is 0. The first kappa shape index (κ1) is 16.5. The van der Waals surface area contributed by atoms with Gasteiger partial charge in [0.1, 0.15) is 0 Å². The third kappa shape index (κ3) is 9.20. The molecule has 0 fully saturated rings. The highest BCUT2D eigenvalue weighted by molar-refractivity contribution is 5.75. The molecule has 0 saturated carbocycles. The van der Waals surface area contributed by atoms with Gasteiger partial charge in [0.2, 0.25) is 5.91 Å². The van der Waals surface area contributed by atoms with Crippen molar-refractivity contribution in [1.82, 2.24) is 5.32 Å². The third-order valence-electron chi connectivity index (χ3n) is 3.38. The first-order valence-corrected chi connectivity index (χ1v) is 7.09. The van der Waals surface area contributed by atoms with Crippen molar-refractivity contribution in [2.24, 2.45) is 23.7 Å². The summed E-state index contributed by atoms with van der Waals surface area (Å²) in [4.78, 5) is 11.6. The van der Waals surface area contributed by atoms with Gasteiger partial charge < -0.3 is 5.32 Å². The molecular formula is C15H31NO. The van der Waals surface area contributed by atoms with Gasteiger partial charge in [-0.2, -0.15) is 0 Å². The van der Waals surface area contributed by atoms with Crippen LogP contribution < -0.4 is 5.32 Å². The lowest BCUT2D eigenvalue weighted by Gasteiger charge is -2.22. The zero-order valence-electron chi connectivity index (χ0n) is 12.5. The van der Waals surface area contributed by atoms with E-state index in [1.807, 2.05) is 0 Å². The summed E-state index contributed by atoms with van der Waals surface area (Å²) in [6.45, 7) is 14.2. The van der Waals surface area contributed by atoms with Gasteiger partial charge in [-0.3, -0.25) is 4.79 Å². The molecule has 0 bridgehead atoms. The molecule has 2 atom stereocenters. The van der Waals surface area contributed by atoms with Gasteiger partial charge in [-0.05, 0) is 36.5 Å². The van der Waals surface area contributed by atoms with E-state index in [4.69, 9.17) is 0 Å². The summed E-state index contributed by atoms with van der Waals surface area (Å²) in [5.41, 5.74) is 0. The molecule has 1 amide bonds. The Bertz CT molecular complexity index is 211. The predicted molar refractivity (Wildman–Crippen MR) is 74.9 cm³/mol. The lowest BCUT2D eigenvalue weighted by molar-refractivity contribution is -0.121. The average molecular weight is 241 g/mol. The largest absolute Gasteiger partial charge is 0.356 e. The van der Waals surface area contributed by atoms with E-state index in [0.717, 1.165) is 18.9 Å². The van der Waals surface area contributed by atoms with Gasteiger partial charge in [-0.1, -0.05) is 41.5 Å². The van der Waals surface area contributed by atoms with Gasteiger partial charge in [0.05, 0.1) is 0 Å². The zero-order valence-corrected chi connectivity index (χ0v) is 12.5. The van der Waals surface area contributed by atoms with Crippen LogP contribution in [0.15, 0.2) is 0 Å². The van der Waals surface area contributed by atoms with Crippen LogP contribution in [0.2, 0.25) is 0 Å². The molecule has 0 spiro atoms. The second-order valence-electron chi connectivity index (χ2n) is 6.32. The Hall–Kier alpha value is -0.530. The fraction of sp³-hybridized carbons (Fsp3) is 0.933. The minimum atomic E-state index is 0.210. The van der Waals surface area contributed by atoms with Gasteiger partial charge in [-0.15, -0.1) is 0 Å². The van der Waals surface area contributed by atoms with Crippen LogP contribution in [0.1, 0.15) is 60.8 Å². The molecule has 2 unspecified atom stereocenters. The average Bonchev–Trinajstić information content (AvgIpc) is 2.21. The molecule has 2 nitrogen and oxygen atoms in total. The second kappa shape index (κ2) is 8.54. The van der Waals surface area contributed by atoms with Crippen molar-refractivity contribution in [2.75, 3.05) is 6.54 Å². The molecule has 17 heavy (non-hydrogen) atoms. The topological polar surface area (TPSA) is 29.1 Å². The Labute approximate surface area is 108 Å². The van der Waals surface area contributed by atoms with E-state index in [0.29, 0.717) is 24.2 Å². The Balaban J connectivity index is 3.75. The number of amides is 1. The van der Waals surface area contributed by atoms with Crippen LogP contribution in [0.5, 0.6) is 0 Å². The van der Waals surface area contributed by atoms with Crippen molar-refractivity contribution in [1.29, 1.82) is 0 Å². The SMILES string of the molecule is CC(C)CCC(=O)NCC(C)C(C)CC(C)C.